The van der Waals surface area contributed by atoms with Crippen LogP contribution in [0, 0.1) is 0 Å². The summed E-state index contributed by atoms with van der Waals surface area (Å²) in [6.45, 7) is 0. The van der Waals surface area contributed by atoms with Crippen LogP contribution < -0.4 is 10.6 Å². The Kier molecular flexibility index (Phi) is 3.33. The molecular formula is C4H3BN2O5S2. The highest BCUT2D eigenvalue weighted by Gasteiger charge is 2.29. The van der Waals surface area contributed by atoms with E-state index in [1.165, 1.54) is 0 Å². The Bertz CT molecular complexity index is 291. The van der Waals surface area contributed by atoms with E-state index in [2.05, 4.69) is 33.7 Å². The first-order chi connectivity index (χ1) is 6.49. The highest BCUT2D eigenvalue weighted by Crippen LogP contribution is 1.91. The van der Waals surface area contributed by atoms with Gasteiger partial charge in [-0.2, -0.15) is 0 Å². The molecule has 1 saturated heterocycles. The molecular weight excluding hydrogens is 231 g/mol. The average Bonchev–Trinajstić information content (AvgIpc) is 2.03. The first-order valence-corrected chi connectivity index (χ1v) is 4.02. The minimum absolute atomic E-state index is 0.484. The van der Waals surface area contributed by atoms with Crippen molar-refractivity contribution in [2.24, 2.45) is 0 Å². The lowest BCUT2D eigenvalue weighted by Gasteiger charge is -2.07. The van der Waals surface area contributed by atoms with Crippen molar-refractivity contribution in [1.82, 2.24) is 10.6 Å². The molecule has 0 aromatic heterocycles. The Morgan fingerprint density at radius 3 is 1.79 bits per heavy atom. The van der Waals surface area contributed by atoms with E-state index in [0.717, 1.165) is 0 Å². The van der Waals surface area contributed by atoms with Crippen molar-refractivity contribution in [1.29, 1.82) is 0 Å². The van der Waals surface area contributed by atoms with Crippen LogP contribution in [0.25, 0.3) is 0 Å². The van der Waals surface area contributed by atoms with E-state index >= 15 is 0 Å². The lowest BCUT2D eigenvalue weighted by molar-refractivity contribution is -0.137. The quantitative estimate of drug-likeness (QED) is 0.249. The third kappa shape index (κ3) is 2.90. The molecule has 2 amide bonds. The minimum atomic E-state index is -1.77. The number of hydrogen-bond donors (Lipinski definition) is 3. The lowest BCUT2D eigenvalue weighted by Crippen LogP contribution is -2.43. The Morgan fingerprint density at radius 2 is 1.43 bits per heavy atom. The lowest BCUT2D eigenvalue weighted by atomic mass is 10.2. The number of nitrogens with one attached hydrogen (secondary N) is 2. The summed E-state index contributed by atoms with van der Waals surface area (Å²) < 4.78 is 8.83. The Balaban J connectivity index is 2.79. The molecule has 14 heavy (non-hydrogen) atoms. The summed E-state index contributed by atoms with van der Waals surface area (Å²) >= 11 is 8.88. The first-order valence-electron chi connectivity index (χ1n) is 3.20. The molecule has 1 heterocycles. The van der Waals surface area contributed by atoms with E-state index in [4.69, 9.17) is 5.02 Å². The van der Waals surface area contributed by atoms with Crippen molar-refractivity contribution in [2.75, 3.05) is 0 Å². The predicted molar refractivity (Wildman–Crippen MR) is 51.6 cm³/mol. The highest BCUT2D eigenvalue weighted by molar-refractivity contribution is 7.80. The fraction of sp³-hybridized carbons (Fsp3) is 0. The zero-order valence-electron chi connectivity index (χ0n) is 6.47. The van der Waals surface area contributed by atoms with Crippen LogP contribution in [-0.2, 0) is 18.9 Å². The van der Waals surface area contributed by atoms with Crippen molar-refractivity contribution in [3.63, 3.8) is 0 Å². The fourth-order valence-electron chi connectivity index (χ4n) is 0.565. The topological polar surface area (TPSA) is 96.9 Å². The van der Waals surface area contributed by atoms with Gasteiger partial charge in [0.15, 0.2) is 0 Å². The Morgan fingerprint density at radius 1 is 1.07 bits per heavy atom. The molecule has 0 aromatic rings. The third-order valence-electron chi connectivity index (χ3n) is 1.05. The molecule has 3 N–H and O–H groups in total. The summed E-state index contributed by atoms with van der Waals surface area (Å²) in [5.74, 6) is -2.12. The summed E-state index contributed by atoms with van der Waals surface area (Å²) in [5.41, 5.74) is 0. The van der Waals surface area contributed by atoms with Gasteiger partial charge in [0.25, 0.3) is 0 Å². The number of thiocarbonyl (C=S) groups is 2. The summed E-state index contributed by atoms with van der Waals surface area (Å²) in [6, 6.07) is 0. The van der Waals surface area contributed by atoms with Crippen molar-refractivity contribution in [2.45, 2.75) is 0 Å². The molecule has 0 atom stereocenters. The van der Waals surface area contributed by atoms with Crippen molar-refractivity contribution >= 4 is 53.9 Å². The summed E-state index contributed by atoms with van der Waals surface area (Å²) in [5, 5.41) is 11.7. The van der Waals surface area contributed by atoms with Gasteiger partial charge in [0.1, 0.15) is 0 Å². The maximum atomic E-state index is 10.9. The minimum Gasteiger partial charge on any atom is -0.479 e. The third-order valence-corrected chi connectivity index (χ3v) is 1.45. The monoisotopic (exact) mass is 234 g/mol. The zero-order valence-corrected chi connectivity index (χ0v) is 8.11. The van der Waals surface area contributed by atoms with Gasteiger partial charge >= 0.3 is 19.1 Å². The Hall–Kier alpha value is -1.26. The number of amides is 2. The van der Waals surface area contributed by atoms with Gasteiger partial charge < -0.3 is 14.3 Å². The molecule has 74 valence electrons. The number of rotatable bonds is 0. The van der Waals surface area contributed by atoms with Crippen LogP contribution in [0.1, 0.15) is 0 Å². The van der Waals surface area contributed by atoms with Crippen molar-refractivity contribution in [3.8, 4) is 0 Å². The van der Waals surface area contributed by atoms with Crippen LogP contribution in [-0.4, -0.2) is 34.5 Å². The van der Waals surface area contributed by atoms with Gasteiger partial charge in [-0.05, 0) is 24.4 Å². The molecule has 0 bridgehead atoms. The summed E-state index contributed by atoms with van der Waals surface area (Å²) in [4.78, 5) is 21.8. The standard InChI is InChI=1S/C4H3BN2O5S2/c8-1-2(9)7-4(14)12-5(10)11-3(13)6-1/h10H,(H,6,8,13)(H,7,9,14). The molecule has 0 unspecified atom stereocenters. The maximum Gasteiger partial charge on any atom is 0.788 e. The molecule has 1 fully saturated rings. The van der Waals surface area contributed by atoms with E-state index < -0.39 is 29.5 Å². The van der Waals surface area contributed by atoms with Gasteiger partial charge in [0, 0.05) is 0 Å². The van der Waals surface area contributed by atoms with Crippen LogP contribution in [0.5, 0.6) is 0 Å². The van der Waals surface area contributed by atoms with E-state index in [1.807, 2.05) is 10.6 Å². The first kappa shape index (κ1) is 10.8. The van der Waals surface area contributed by atoms with Crippen LogP contribution in [0.3, 0.4) is 0 Å². The van der Waals surface area contributed by atoms with Gasteiger partial charge in [0.2, 0.25) is 10.3 Å². The van der Waals surface area contributed by atoms with E-state index in [9.17, 15) is 9.59 Å². The fourth-order valence-corrected chi connectivity index (χ4v) is 0.915. The largest absolute Gasteiger partial charge is 0.788 e. The van der Waals surface area contributed by atoms with Crippen LogP contribution in [0.15, 0.2) is 0 Å². The molecule has 1 aliphatic heterocycles. The second-order valence-electron chi connectivity index (χ2n) is 2.03. The molecule has 0 spiro atoms. The van der Waals surface area contributed by atoms with Gasteiger partial charge in [-0.3, -0.25) is 20.2 Å². The van der Waals surface area contributed by atoms with Crippen LogP contribution in [0.2, 0.25) is 0 Å². The number of hydrogen-bond acceptors (Lipinski definition) is 7. The molecule has 0 radical (unpaired) electrons. The molecule has 0 saturated carbocycles. The van der Waals surface area contributed by atoms with E-state index in [1.54, 1.807) is 0 Å². The van der Waals surface area contributed by atoms with Gasteiger partial charge in [-0.25, -0.2) is 0 Å². The number of carbonyl (C=O) groups is 2. The molecule has 1 rings (SSSR count). The molecule has 10 heteroatoms. The summed E-state index contributed by atoms with van der Waals surface area (Å²) in [7, 11) is -1.77. The second kappa shape index (κ2) is 4.31. The molecule has 0 aliphatic carbocycles. The van der Waals surface area contributed by atoms with Crippen LogP contribution >= 0.6 is 24.4 Å². The number of carbonyl (C=O) groups excluding carboxylic acids is 2. The molecule has 0 aromatic carbocycles. The molecule has 1 aliphatic rings. The van der Waals surface area contributed by atoms with Gasteiger partial charge in [-0.1, -0.05) is 0 Å². The Labute approximate surface area is 88.9 Å². The average molecular weight is 234 g/mol. The van der Waals surface area contributed by atoms with Crippen LogP contribution in [0.4, 0.5) is 0 Å². The van der Waals surface area contributed by atoms with E-state index in [0.29, 0.717) is 0 Å². The highest BCUT2D eigenvalue weighted by atomic mass is 32.1. The normalized spacial score (nSPS) is 18.2. The van der Waals surface area contributed by atoms with Gasteiger partial charge in [-0.15, -0.1) is 0 Å². The van der Waals surface area contributed by atoms with E-state index in [-0.39, 0.29) is 0 Å². The van der Waals surface area contributed by atoms with Crippen molar-refractivity contribution in [3.05, 3.63) is 0 Å². The summed E-state index contributed by atoms with van der Waals surface area (Å²) in [6.07, 6.45) is 0. The zero-order chi connectivity index (χ0) is 10.7. The molecule has 7 nitrogen and oxygen atoms in total. The smallest absolute Gasteiger partial charge is 0.479 e. The van der Waals surface area contributed by atoms with Crippen molar-refractivity contribution < 1.29 is 23.9 Å². The predicted octanol–water partition coefficient (Wildman–Crippen LogP) is -2.19. The van der Waals surface area contributed by atoms with Gasteiger partial charge in [0.05, 0.1) is 0 Å². The SMILES string of the molecule is O=C1NC(=S)OB(O)OC(=S)NC1=O. The second-order valence-corrected chi connectivity index (χ2v) is 2.77. The maximum absolute atomic E-state index is 10.9.